The molecule has 21 heavy (non-hydrogen) atoms. The van der Waals surface area contributed by atoms with E-state index < -0.39 is 0 Å². The van der Waals surface area contributed by atoms with E-state index in [4.69, 9.17) is 4.74 Å². The van der Waals surface area contributed by atoms with E-state index in [2.05, 4.69) is 4.98 Å². The third-order valence-electron chi connectivity index (χ3n) is 3.83. The number of para-hydroxylation sites is 1. The maximum Gasteiger partial charge on any atom is 0.310 e. The molecule has 5 heteroatoms. The van der Waals surface area contributed by atoms with Crippen LogP contribution in [0.1, 0.15) is 16.9 Å². The van der Waals surface area contributed by atoms with Crippen molar-refractivity contribution in [3.63, 3.8) is 0 Å². The number of pyridine rings is 1. The van der Waals surface area contributed by atoms with Crippen LogP contribution in [-0.4, -0.2) is 42.0 Å². The number of carbonyl (C=O) groups is 2. The van der Waals surface area contributed by atoms with Gasteiger partial charge in [-0.1, -0.05) is 24.3 Å². The second-order valence-electron chi connectivity index (χ2n) is 5.15. The third kappa shape index (κ3) is 2.59. The highest BCUT2D eigenvalue weighted by Gasteiger charge is 2.32. The van der Waals surface area contributed by atoms with Crippen molar-refractivity contribution in [2.45, 2.75) is 6.42 Å². The van der Waals surface area contributed by atoms with Crippen LogP contribution < -0.4 is 0 Å². The summed E-state index contributed by atoms with van der Waals surface area (Å²) in [5.41, 5.74) is 1.21. The first-order valence-corrected chi connectivity index (χ1v) is 6.92. The number of rotatable bonds is 2. The summed E-state index contributed by atoms with van der Waals surface area (Å²) >= 11 is 0. The summed E-state index contributed by atoms with van der Waals surface area (Å²) in [5, 5.41) is 1.00. The molecule has 1 unspecified atom stereocenters. The summed E-state index contributed by atoms with van der Waals surface area (Å²) in [7, 11) is 1.37. The van der Waals surface area contributed by atoms with Crippen molar-refractivity contribution in [1.82, 2.24) is 9.88 Å². The Morgan fingerprint density at radius 3 is 2.86 bits per heavy atom. The Balaban J connectivity index is 1.79. The summed E-state index contributed by atoms with van der Waals surface area (Å²) in [5.74, 6) is -0.608. The Hall–Kier alpha value is -2.43. The fraction of sp³-hybridized carbons (Fsp3) is 0.312. The molecule has 1 aromatic carbocycles. The molecular formula is C16H16N2O3. The molecule has 1 aromatic heterocycles. The Morgan fingerprint density at radius 1 is 1.24 bits per heavy atom. The fourth-order valence-electron chi connectivity index (χ4n) is 2.65. The van der Waals surface area contributed by atoms with E-state index in [0.717, 1.165) is 10.9 Å². The lowest BCUT2D eigenvalue weighted by atomic mass is 10.1. The van der Waals surface area contributed by atoms with Gasteiger partial charge >= 0.3 is 5.97 Å². The van der Waals surface area contributed by atoms with Crippen LogP contribution in [0.2, 0.25) is 0 Å². The van der Waals surface area contributed by atoms with Crippen LogP contribution >= 0.6 is 0 Å². The van der Waals surface area contributed by atoms with Crippen molar-refractivity contribution in [2.75, 3.05) is 20.2 Å². The van der Waals surface area contributed by atoms with Crippen LogP contribution in [0.4, 0.5) is 0 Å². The number of hydrogen-bond donors (Lipinski definition) is 0. The number of ether oxygens (including phenoxy) is 1. The topological polar surface area (TPSA) is 59.5 Å². The summed E-state index contributed by atoms with van der Waals surface area (Å²) < 4.78 is 4.73. The van der Waals surface area contributed by atoms with Crippen molar-refractivity contribution >= 4 is 22.8 Å². The van der Waals surface area contributed by atoms with Crippen molar-refractivity contribution in [2.24, 2.45) is 5.92 Å². The fourth-order valence-corrected chi connectivity index (χ4v) is 2.65. The number of nitrogens with zero attached hydrogens (tertiary/aromatic N) is 2. The van der Waals surface area contributed by atoms with Crippen molar-refractivity contribution < 1.29 is 14.3 Å². The SMILES string of the molecule is COC(=O)C1CCN(C(=O)c2ccc3ccccc3n2)C1. The second kappa shape index (κ2) is 5.52. The highest BCUT2D eigenvalue weighted by atomic mass is 16.5. The first kappa shape index (κ1) is 13.5. The quantitative estimate of drug-likeness (QED) is 0.790. The Kier molecular flexibility index (Phi) is 3.56. The molecule has 1 amide bonds. The predicted molar refractivity (Wildman–Crippen MR) is 77.8 cm³/mol. The van der Waals surface area contributed by atoms with Gasteiger partial charge in [-0.3, -0.25) is 9.59 Å². The molecule has 1 aliphatic rings. The third-order valence-corrected chi connectivity index (χ3v) is 3.83. The van der Waals surface area contributed by atoms with E-state index in [9.17, 15) is 9.59 Å². The number of amides is 1. The lowest BCUT2D eigenvalue weighted by molar-refractivity contribution is -0.144. The molecule has 0 saturated carbocycles. The van der Waals surface area contributed by atoms with Gasteiger partial charge in [0.05, 0.1) is 18.5 Å². The minimum Gasteiger partial charge on any atom is -0.469 e. The second-order valence-corrected chi connectivity index (χ2v) is 5.15. The summed E-state index contributed by atoms with van der Waals surface area (Å²) in [4.78, 5) is 30.0. The Morgan fingerprint density at radius 2 is 2.05 bits per heavy atom. The Bertz CT molecular complexity index is 699. The number of esters is 1. The van der Waals surface area contributed by atoms with Crippen LogP contribution in [0.15, 0.2) is 36.4 Å². The highest BCUT2D eigenvalue weighted by molar-refractivity contribution is 5.95. The van der Waals surface area contributed by atoms with Gasteiger partial charge in [0, 0.05) is 18.5 Å². The predicted octanol–water partition coefficient (Wildman–Crippen LogP) is 1.87. The van der Waals surface area contributed by atoms with Crippen LogP contribution in [0, 0.1) is 5.92 Å². The van der Waals surface area contributed by atoms with Gasteiger partial charge in [0.2, 0.25) is 0 Å². The molecule has 0 radical (unpaired) electrons. The van der Waals surface area contributed by atoms with Crippen molar-refractivity contribution in [1.29, 1.82) is 0 Å². The number of hydrogen-bond acceptors (Lipinski definition) is 4. The lowest BCUT2D eigenvalue weighted by Gasteiger charge is -2.15. The molecular weight excluding hydrogens is 268 g/mol. The standard InChI is InChI=1S/C16H16N2O3/c1-21-16(20)12-8-9-18(10-12)15(19)14-7-6-11-4-2-3-5-13(11)17-14/h2-7,12H,8-10H2,1H3. The van der Waals surface area contributed by atoms with E-state index in [1.807, 2.05) is 30.3 Å². The molecule has 0 bridgehead atoms. The van der Waals surface area contributed by atoms with Gasteiger partial charge in [-0.15, -0.1) is 0 Å². The van der Waals surface area contributed by atoms with E-state index in [1.54, 1.807) is 11.0 Å². The molecule has 0 aliphatic carbocycles. The molecule has 108 valence electrons. The first-order valence-electron chi connectivity index (χ1n) is 6.92. The summed E-state index contributed by atoms with van der Waals surface area (Å²) in [6.45, 7) is 0.965. The zero-order valence-corrected chi connectivity index (χ0v) is 11.8. The molecule has 1 atom stereocenters. The zero-order valence-electron chi connectivity index (χ0n) is 11.8. The number of fused-ring (bicyclic) bond motifs is 1. The average molecular weight is 284 g/mol. The van der Waals surface area contributed by atoms with Gasteiger partial charge in [0.15, 0.2) is 0 Å². The largest absolute Gasteiger partial charge is 0.469 e. The molecule has 5 nitrogen and oxygen atoms in total. The molecule has 0 N–H and O–H groups in total. The minimum absolute atomic E-state index is 0.132. The molecule has 1 aliphatic heterocycles. The number of carbonyl (C=O) groups excluding carboxylic acids is 2. The van der Waals surface area contributed by atoms with Gasteiger partial charge in [0.1, 0.15) is 5.69 Å². The van der Waals surface area contributed by atoms with E-state index in [0.29, 0.717) is 25.2 Å². The number of likely N-dealkylation sites (tertiary alicyclic amines) is 1. The molecule has 2 heterocycles. The van der Waals surface area contributed by atoms with Crippen molar-refractivity contribution in [3.05, 3.63) is 42.1 Å². The van der Waals surface area contributed by atoms with E-state index in [-0.39, 0.29) is 17.8 Å². The normalized spacial score (nSPS) is 18.0. The van der Waals surface area contributed by atoms with Gasteiger partial charge < -0.3 is 9.64 Å². The maximum atomic E-state index is 12.5. The smallest absolute Gasteiger partial charge is 0.310 e. The molecule has 1 saturated heterocycles. The van der Waals surface area contributed by atoms with E-state index >= 15 is 0 Å². The number of methoxy groups -OCH3 is 1. The zero-order chi connectivity index (χ0) is 14.8. The van der Waals surface area contributed by atoms with Gasteiger partial charge in [-0.25, -0.2) is 4.98 Å². The number of aromatic nitrogens is 1. The molecule has 3 rings (SSSR count). The average Bonchev–Trinajstić information content (AvgIpc) is 3.03. The van der Waals surface area contributed by atoms with Crippen LogP contribution in [0.25, 0.3) is 10.9 Å². The molecule has 2 aromatic rings. The molecule has 1 fully saturated rings. The van der Waals surface area contributed by atoms with E-state index in [1.165, 1.54) is 7.11 Å². The Labute approximate surface area is 122 Å². The van der Waals surface area contributed by atoms with Gasteiger partial charge in [-0.05, 0) is 18.6 Å². The minimum atomic E-state index is -0.253. The van der Waals surface area contributed by atoms with Gasteiger partial charge in [0.25, 0.3) is 5.91 Å². The summed E-state index contributed by atoms with van der Waals surface area (Å²) in [6, 6.07) is 11.3. The van der Waals surface area contributed by atoms with Crippen molar-refractivity contribution in [3.8, 4) is 0 Å². The number of benzene rings is 1. The van der Waals surface area contributed by atoms with Crippen LogP contribution in [-0.2, 0) is 9.53 Å². The lowest BCUT2D eigenvalue weighted by Crippen LogP contribution is -2.30. The highest BCUT2D eigenvalue weighted by Crippen LogP contribution is 2.20. The monoisotopic (exact) mass is 284 g/mol. The van der Waals surface area contributed by atoms with Crippen LogP contribution in [0.3, 0.4) is 0 Å². The first-order chi connectivity index (χ1) is 10.2. The van der Waals surface area contributed by atoms with Gasteiger partial charge in [-0.2, -0.15) is 0 Å². The maximum absolute atomic E-state index is 12.5. The molecule has 0 spiro atoms. The van der Waals surface area contributed by atoms with Crippen LogP contribution in [0.5, 0.6) is 0 Å². The summed E-state index contributed by atoms with van der Waals surface area (Å²) in [6.07, 6.45) is 0.645.